The highest BCUT2D eigenvalue weighted by atomic mass is 127. The summed E-state index contributed by atoms with van der Waals surface area (Å²) in [5.41, 5.74) is 4.27. The Morgan fingerprint density at radius 2 is 1.76 bits per heavy atom. The predicted molar refractivity (Wildman–Crippen MR) is 139 cm³/mol. The molecular formula is C24H31IN6O2. The van der Waals surface area contributed by atoms with E-state index in [2.05, 4.69) is 36.2 Å². The fraction of sp³-hybridized carbons (Fsp3) is 0.375. The molecule has 0 bridgehead atoms. The number of aryl methyl sites for hydroxylation is 1. The highest BCUT2D eigenvalue weighted by Gasteiger charge is 2.25. The molecule has 0 radical (unpaired) electrons. The van der Waals surface area contributed by atoms with Gasteiger partial charge in [-0.2, -0.15) is 5.10 Å². The molecule has 0 atom stereocenters. The van der Waals surface area contributed by atoms with Crippen molar-refractivity contribution in [1.82, 2.24) is 24.9 Å². The average molecular weight is 562 g/mol. The number of hydrogen-bond donors (Lipinski definition) is 1. The molecule has 0 aliphatic carbocycles. The zero-order valence-corrected chi connectivity index (χ0v) is 21.7. The van der Waals surface area contributed by atoms with Gasteiger partial charge in [0, 0.05) is 44.0 Å². The molecule has 1 aromatic carbocycles. The van der Waals surface area contributed by atoms with Gasteiger partial charge >= 0.3 is 0 Å². The first kappa shape index (κ1) is 24.8. The van der Waals surface area contributed by atoms with E-state index in [0.717, 1.165) is 48.2 Å². The largest absolute Gasteiger partial charge is 0.459 e. The topological polar surface area (TPSA) is 78.9 Å². The molecule has 1 amide bonds. The van der Waals surface area contributed by atoms with Crippen LogP contribution in [0.15, 0.2) is 58.1 Å². The van der Waals surface area contributed by atoms with Crippen molar-refractivity contribution in [2.75, 3.05) is 32.7 Å². The number of aromatic nitrogens is 2. The molecule has 8 nitrogen and oxygen atoms in total. The van der Waals surface area contributed by atoms with E-state index < -0.39 is 0 Å². The molecule has 0 unspecified atom stereocenters. The second-order valence-electron chi connectivity index (χ2n) is 7.82. The van der Waals surface area contributed by atoms with E-state index in [1.54, 1.807) is 12.1 Å². The molecule has 9 heteroatoms. The van der Waals surface area contributed by atoms with Gasteiger partial charge in [-0.15, -0.1) is 24.0 Å². The highest BCUT2D eigenvalue weighted by Crippen LogP contribution is 2.19. The SMILES string of the molecule is CCNC(=NCc1c(C)nn(-c2ccccc2)c1C)N1CCN(C(=O)c2ccco2)CC1.I. The standard InChI is InChI=1S/C24H30N6O2.HI/c1-4-25-24(29-14-12-28(13-15-29)23(31)22-11-8-16-32-22)26-17-21-18(2)27-30(19(21)3)20-9-6-5-7-10-20;/h5-11,16H,4,12-15,17H2,1-3H3,(H,25,26);1H. The monoisotopic (exact) mass is 562 g/mol. The fourth-order valence-corrected chi connectivity index (χ4v) is 3.98. The van der Waals surface area contributed by atoms with E-state index >= 15 is 0 Å². The lowest BCUT2D eigenvalue weighted by atomic mass is 10.2. The lowest BCUT2D eigenvalue weighted by Crippen LogP contribution is -2.53. The van der Waals surface area contributed by atoms with Crippen LogP contribution in [-0.4, -0.2) is 64.2 Å². The van der Waals surface area contributed by atoms with E-state index in [-0.39, 0.29) is 29.9 Å². The van der Waals surface area contributed by atoms with E-state index in [9.17, 15) is 4.79 Å². The lowest BCUT2D eigenvalue weighted by Gasteiger charge is -2.36. The Labute approximate surface area is 211 Å². The Balaban J connectivity index is 0.00000306. The summed E-state index contributed by atoms with van der Waals surface area (Å²) in [7, 11) is 0. The minimum atomic E-state index is -0.0591. The van der Waals surface area contributed by atoms with Gasteiger partial charge in [0.2, 0.25) is 0 Å². The summed E-state index contributed by atoms with van der Waals surface area (Å²) >= 11 is 0. The van der Waals surface area contributed by atoms with Crippen LogP contribution in [0, 0.1) is 13.8 Å². The summed E-state index contributed by atoms with van der Waals surface area (Å²) in [4.78, 5) is 21.5. The van der Waals surface area contributed by atoms with Crippen LogP contribution in [0.4, 0.5) is 0 Å². The number of rotatable bonds is 5. The predicted octanol–water partition coefficient (Wildman–Crippen LogP) is 3.62. The highest BCUT2D eigenvalue weighted by molar-refractivity contribution is 14.0. The minimum absolute atomic E-state index is 0. The second-order valence-corrected chi connectivity index (χ2v) is 7.82. The Bertz CT molecular complexity index is 1070. The number of carbonyl (C=O) groups excluding carboxylic acids is 1. The van der Waals surface area contributed by atoms with Crippen molar-refractivity contribution in [1.29, 1.82) is 0 Å². The summed E-state index contributed by atoms with van der Waals surface area (Å²) in [6, 6.07) is 13.6. The van der Waals surface area contributed by atoms with Crippen molar-refractivity contribution < 1.29 is 9.21 Å². The molecule has 2 aromatic heterocycles. The van der Waals surface area contributed by atoms with Gasteiger partial charge in [-0.1, -0.05) is 18.2 Å². The summed E-state index contributed by atoms with van der Waals surface area (Å²) < 4.78 is 7.23. The third kappa shape index (κ3) is 5.58. The van der Waals surface area contributed by atoms with Crippen LogP contribution in [0.2, 0.25) is 0 Å². The number of furan rings is 1. The molecule has 1 aliphatic rings. The number of halogens is 1. The molecule has 1 saturated heterocycles. The zero-order chi connectivity index (χ0) is 22.5. The van der Waals surface area contributed by atoms with Crippen molar-refractivity contribution in [2.24, 2.45) is 4.99 Å². The van der Waals surface area contributed by atoms with Crippen molar-refractivity contribution >= 4 is 35.8 Å². The molecule has 0 saturated carbocycles. The van der Waals surface area contributed by atoms with Crippen LogP contribution in [0.3, 0.4) is 0 Å². The van der Waals surface area contributed by atoms with E-state index in [1.807, 2.05) is 34.7 Å². The Kier molecular flexibility index (Phi) is 8.54. The molecule has 3 heterocycles. The molecule has 176 valence electrons. The second kappa shape index (κ2) is 11.4. The number of para-hydroxylation sites is 1. The number of nitrogens with zero attached hydrogens (tertiary/aromatic N) is 5. The summed E-state index contributed by atoms with van der Waals surface area (Å²) in [6.45, 7) is 10.2. The Morgan fingerprint density at radius 3 is 2.39 bits per heavy atom. The van der Waals surface area contributed by atoms with Crippen LogP contribution in [0.5, 0.6) is 0 Å². The first-order valence-electron chi connectivity index (χ1n) is 11.0. The first-order valence-corrected chi connectivity index (χ1v) is 11.0. The molecule has 1 aliphatic heterocycles. The van der Waals surface area contributed by atoms with Crippen LogP contribution in [-0.2, 0) is 6.54 Å². The third-order valence-corrected chi connectivity index (χ3v) is 5.76. The molecule has 33 heavy (non-hydrogen) atoms. The van der Waals surface area contributed by atoms with Gasteiger partial charge in [-0.25, -0.2) is 9.67 Å². The van der Waals surface area contributed by atoms with Gasteiger partial charge in [0.1, 0.15) is 0 Å². The van der Waals surface area contributed by atoms with Gasteiger partial charge in [0.05, 0.1) is 24.2 Å². The van der Waals surface area contributed by atoms with Crippen LogP contribution < -0.4 is 5.32 Å². The Hall–Kier alpha value is -2.82. The molecule has 4 rings (SSSR count). The minimum Gasteiger partial charge on any atom is -0.459 e. The Morgan fingerprint density at radius 1 is 1.06 bits per heavy atom. The first-order chi connectivity index (χ1) is 15.6. The zero-order valence-electron chi connectivity index (χ0n) is 19.3. The normalized spacial score (nSPS) is 14.2. The lowest BCUT2D eigenvalue weighted by molar-refractivity contribution is 0.0657. The number of carbonyl (C=O) groups is 1. The maximum atomic E-state index is 12.5. The van der Waals surface area contributed by atoms with Crippen LogP contribution in [0.1, 0.15) is 34.4 Å². The average Bonchev–Trinajstić information content (AvgIpc) is 3.46. The summed E-state index contributed by atoms with van der Waals surface area (Å²) in [5, 5.41) is 8.13. The van der Waals surface area contributed by atoms with Crippen molar-refractivity contribution in [3.05, 3.63) is 71.4 Å². The van der Waals surface area contributed by atoms with Crippen LogP contribution in [0.25, 0.3) is 5.69 Å². The summed E-state index contributed by atoms with van der Waals surface area (Å²) in [5.74, 6) is 1.19. The molecular weight excluding hydrogens is 531 g/mol. The van der Waals surface area contributed by atoms with Crippen molar-refractivity contribution in [3.8, 4) is 5.69 Å². The number of benzene rings is 1. The fourth-order valence-electron chi connectivity index (χ4n) is 3.98. The van der Waals surface area contributed by atoms with Gasteiger partial charge in [0.25, 0.3) is 5.91 Å². The molecule has 3 aromatic rings. The number of amides is 1. The quantitative estimate of drug-likeness (QED) is 0.292. The number of nitrogens with one attached hydrogen (secondary N) is 1. The van der Waals surface area contributed by atoms with E-state index in [4.69, 9.17) is 14.5 Å². The maximum Gasteiger partial charge on any atom is 0.289 e. The third-order valence-electron chi connectivity index (χ3n) is 5.76. The molecule has 1 fully saturated rings. The summed E-state index contributed by atoms with van der Waals surface area (Å²) in [6.07, 6.45) is 1.53. The van der Waals surface area contributed by atoms with E-state index in [1.165, 1.54) is 6.26 Å². The van der Waals surface area contributed by atoms with Gasteiger partial charge in [-0.3, -0.25) is 4.79 Å². The number of guanidine groups is 1. The van der Waals surface area contributed by atoms with Gasteiger partial charge in [-0.05, 0) is 45.0 Å². The molecule has 0 spiro atoms. The van der Waals surface area contributed by atoms with Crippen molar-refractivity contribution in [2.45, 2.75) is 27.3 Å². The van der Waals surface area contributed by atoms with Crippen LogP contribution >= 0.6 is 24.0 Å². The number of hydrogen-bond acceptors (Lipinski definition) is 4. The van der Waals surface area contributed by atoms with Gasteiger partial charge < -0.3 is 19.5 Å². The maximum absolute atomic E-state index is 12.5. The smallest absolute Gasteiger partial charge is 0.289 e. The van der Waals surface area contributed by atoms with Crippen molar-refractivity contribution in [3.63, 3.8) is 0 Å². The van der Waals surface area contributed by atoms with Gasteiger partial charge in [0.15, 0.2) is 11.7 Å². The molecule has 1 N–H and O–H groups in total. The number of aliphatic imine (C=N–C) groups is 1. The van der Waals surface area contributed by atoms with E-state index in [0.29, 0.717) is 25.4 Å². The number of piperazine rings is 1.